The SMILES string of the molecule is CC(=O)NNC(=O)Cn1nc2c(cc1=O)CCCc1ccc(C)cc1-2. The van der Waals surface area contributed by atoms with E-state index in [1.807, 2.05) is 6.92 Å². The Morgan fingerprint density at radius 2 is 1.92 bits per heavy atom. The zero-order valence-corrected chi connectivity index (χ0v) is 14.3. The average Bonchev–Trinajstić information content (AvgIpc) is 2.72. The van der Waals surface area contributed by atoms with Crippen LogP contribution in [-0.4, -0.2) is 21.6 Å². The van der Waals surface area contributed by atoms with Crippen LogP contribution in [0.4, 0.5) is 0 Å². The van der Waals surface area contributed by atoms with Crippen LogP contribution in [0.5, 0.6) is 0 Å². The van der Waals surface area contributed by atoms with Crippen molar-refractivity contribution in [1.82, 2.24) is 20.6 Å². The van der Waals surface area contributed by atoms with Gasteiger partial charge in [-0.05, 0) is 43.4 Å². The molecule has 0 spiro atoms. The van der Waals surface area contributed by atoms with Crippen molar-refractivity contribution in [2.24, 2.45) is 0 Å². The molecule has 2 aromatic rings. The van der Waals surface area contributed by atoms with Crippen LogP contribution in [0.3, 0.4) is 0 Å². The highest BCUT2D eigenvalue weighted by Gasteiger charge is 2.18. The molecule has 1 heterocycles. The van der Waals surface area contributed by atoms with Crippen molar-refractivity contribution in [3.63, 3.8) is 0 Å². The van der Waals surface area contributed by atoms with Gasteiger partial charge in [-0.1, -0.05) is 17.7 Å². The van der Waals surface area contributed by atoms with E-state index < -0.39 is 5.91 Å². The number of rotatable bonds is 2. The Balaban J connectivity index is 1.98. The Kier molecular flexibility index (Phi) is 4.65. The third-order valence-corrected chi connectivity index (χ3v) is 4.16. The van der Waals surface area contributed by atoms with Crippen LogP contribution in [0.25, 0.3) is 11.3 Å². The molecule has 0 aliphatic heterocycles. The molecule has 0 fully saturated rings. The molecule has 7 nitrogen and oxygen atoms in total. The summed E-state index contributed by atoms with van der Waals surface area (Å²) in [4.78, 5) is 35.0. The molecule has 0 unspecified atom stereocenters. The van der Waals surface area contributed by atoms with E-state index in [4.69, 9.17) is 0 Å². The first-order valence-corrected chi connectivity index (χ1v) is 8.20. The third-order valence-electron chi connectivity index (χ3n) is 4.16. The molecule has 1 aliphatic carbocycles. The number of nitrogens with one attached hydrogen (secondary N) is 2. The van der Waals surface area contributed by atoms with E-state index in [0.717, 1.165) is 46.3 Å². The fourth-order valence-electron chi connectivity index (χ4n) is 2.99. The number of nitrogens with zero attached hydrogens (tertiary/aromatic N) is 2. The van der Waals surface area contributed by atoms with E-state index in [2.05, 4.69) is 34.1 Å². The predicted octanol–water partition coefficient (Wildman–Crippen LogP) is 0.875. The average molecular weight is 340 g/mol. The van der Waals surface area contributed by atoms with Gasteiger partial charge in [0, 0.05) is 18.6 Å². The number of benzene rings is 1. The molecule has 0 saturated carbocycles. The molecular weight excluding hydrogens is 320 g/mol. The second-order valence-electron chi connectivity index (χ2n) is 6.26. The van der Waals surface area contributed by atoms with Crippen molar-refractivity contribution in [3.05, 3.63) is 51.3 Å². The second kappa shape index (κ2) is 6.88. The largest absolute Gasteiger partial charge is 0.274 e. The van der Waals surface area contributed by atoms with Gasteiger partial charge in [0.2, 0.25) is 5.91 Å². The van der Waals surface area contributed by atoms with Crippen LogP contribution in [0, 0.1) is 6.92 Å². The zero-order valence-electron chi connectivity index (χ0n) is 14.3. The van der Waals surface area contributed by atoms with Gasteiger partial charge in [0.25, 0.3) is 11.5 Å². The predicted molar refractivity (Wildman–Crippen MR) is 92.7 cm³/mol. The number of hydrogen-bond acceptors (Lipinski definition) is 4. The van der Waals surface area contributed by atoms with E-state index in [0.29, 0.717) is 0 Å². The van der Waals surface area contributed by atoms with Crippen LogP contribution in [0.1, 0.15) is 30.0 Å². The molecule has 0 bridgehead atoms. The van der Waals surface area contributed by atoms with Crippen LogP contribution >= 0.6 is 0 Å². The monoisotopic (exact) mass is 340 g/mol. The third kappa shape index (κ3) is 3.76. The van der Waals surface area contributed by atoms with Crippen molar-refractivity contribution in [3.8, 4) is 11.3 Å². The molecule has 25 heavy (non-hydrogen) atoms. The summed E-state index contributed by atoms with van der Waals surface area (Å²) in [6, 6.07) is 7.80. The normalized spacial score (nSPS) is 12.6. The molecule has 1 aromatic carbocycles. The molecule has 0 atom stereocenters. The Labute approximate surface area is 145 Å². The lowest BCUT2D eigenvalue weighted by molar-refractivity contribution is -0.128. The molecule has 3 rings (SSSR count). The molecule has 130 valence electrons. The molecule has 2 amide bonds. The van der Waals surface area contributed by atoms with Gasteiger partial charge in [0.05, 0.1) is 5.69 Å². The van der Waals surface area contributed by atoms with Crippen molar-refractivity contribution in [2.45, 2.75) is 39.7 Å². The van der Waals surface area contributed by atoms with E-state index in [9.17, 15) is 14.4 Å². The van der Waals surface area contributed by atoms with Crippen LogP contribution in [-0.2, 0) is 29.0 Å². The number of hydrogen-bond donors (Lipinski definition) is 2. The number of amides is 2. The summed E-state index contributed by atoms with van der Waals surface area (Å²) in [6.07, 6.45) is 2.67. The Morgan fingerprint density at radius 3 is 2.68 bits per heavy atom. The van der Waals surface area contributed by atoms with Crippen LogP contribution < -0.4 is 16.4 Å². The number of aromatic nitrogens is 2. The lowest BCUT2D eigenvalue weighted by Gasteiger charge is -2.12. The minimum atomic E-state index is -0.511. The Bertz CT molecular complexity index is 902. The summed E-state index contributed by atoms with van der Waals surface area (Å²) in [5.41, 5.74) is 9.11. The maximum absolute atomic E-state index is 12.3. The van der Waals surface area contributed by atoms with Crippen molar-refractivity contribution >= 4 is 11.8 Å². The quantitative estimate of drug-likeness (QED) is 0.794. The smallest absolute Gasteiger partial charge is 0.267 e. The Hall–Kier alpha value is -2.96. The fraction of sp³-hybridized carbons (Fsp3) is 0.333. The van der Waals surface area contributed by atoms with E-state index >= 15 is 0 Å². The van der Waals surface area contributed by atoms with Gasteiger partial charge in [0.15, 0.2) is 0 Å². The minimum absolute atomic E-state index is 0.256. The van der Waals surface area contributed by atoms with Crippen molar-refractivity contribution in [2.75, 3.05) is 0 Å². The van der Waals surface area contributed by atoms with Gasteiger partial charge in [-0.15, -0.1) is 0 Å². The molecular formula is C18H20N4O3. The van der Waals surface area contributed by atoms with E-state index in [1.54, 1.807) is 6.07 Å². The summed E-state index contributed by atoms with van der Waals surface area (Å²) in [6.45, 7) is 3.04. The topological polar surface area (TPSA) is 93.1 Å². The standard InChI is InChI=1S/C18H20N4O3/c1-11-6-7-13-4-3-5-14-9-17(25)22(21-18(14)15(13)8-11)10-16(24)20-19-12(2)23/h6-9H,3-5,10H2,1-2H3,(H,19,23)(H,20,24). The number of fused-ring (bicyclic) bond motifs is 3. The first-order valence-electron chi connectivity index (χ1n) is 8.20. The molecule has 0 radical (unpaired) electrons. The second-order valence-corrected chi connectivity index (χ2v) is 6.26. The number of aryl methyl sites for hydroxylation is 3. The first-order chi connectivity index (χ1) is 11.9. The Morgan fingerprint density at radius 1 is 1.16 bits per heavy atom. The van der Waals surface area contributed by atoms with Gasteiger partial charge in [-0.2, -0.15) is 5.10 Å². The molecule has 2 N–H and O–H groups in total. The number of carbonyl (C=O) groups excluding carboxylic acids is 2. The lowest BCUT2D eigenvalue weighted by atomic mass is 10.00. The number of hydrazine groups is 1. The fourth-order valence-corrected chi connectivity index (χ4v) is 2.99. The lowest BCUT2D eigenvalue weighted by Crippen LogP contribution is -2.43. The van der Waals surface area contributed by atoms with E-state index in [-0.39, 0.29) is 18.0 Å². The highest BCUT2D eigenvalue weighted by Crippen LogP contribution is 2.30. The summed E-state index contributed by atoms with van der Waals surface area (Å²) >= 11 is 0. The van der Waals surface area contributed by atoms with E-state index in [1.165, 1.54) is 12.5 Å². The summed E-state index contributed by atoms with van der Waals surface area (Å²) in [5, 5.41) is 4.45. The maximum atomic E-state index is 12.3. The van der Waals surface area contributed by atoms with Crippen molar-refractivity contribution < 1.29 is 9.59 Å². The summed E-state index contributed by atoms with van der Waals surface area (Å²) in [5.74, 6) is -0.900. The maximum Gasteiger partial charge on any atom is 0.267 e. The molecule has 7 heteroatoms. The van der Waals surface area contributed by atoms with Crippen LogP contribution in [0.2, 0.25) is 0 Å². The van der Waals surface area contributed by atoms with Crippen LogP contribution in [0.15, 0.2) is 29.1 Å². The van der Waals surface area contributed by atoms with Gasteiger partial charge >= 0.3 is 0 Å². The number of carbonyl (C=O) groups is 2. The summed E-state index contributed by atoms with van der Waals surface area (Å²) in [7, 11) is 0. The van der Waals surface area contributed by atoms with Gasteiger partial charge < -0.3 is 0 Å². The van der Waals surface area contributed by atoms with Gasteiger partial charge in [0.1, 0.15) is 6.54 Å². The zero-order chi connectivity index (χ0) is 18.0. The van der Waals surface area contributed by atoms with Gasteiger partial charge in [-0.3, -0.25) is 25.2 Å². The summed E-state index contributed by atoms with van der Waals surface area (Å²) < 4.78 is 1.13. The highest BCUT2D eigenvalue weighted by molar-refractivity contribution is 5.80. The minimum Gasteiger partial charge on any atom is -0.274 e. The molecule has 1 aromatic heterocycles. The molecule has 0 saturated heterocycles. The van der Waals surface area contributed by atoms with Crippen molar-refractivity contribution in [1.29, 1.82) is 0 Å². The van der Waals surface area contributed by atoms with Gasteiger partial charge in [-0.25, -0.2) is 4.68 Å². The first kappa shape index (κ1) is 16.9. The highest BCUT2D eigenvalue weighted by atomic mass is 16.2. The molecule has 1 aliphatic rings.